The molecule has 2 aromatic rings. The van der Waals surface area contributed by atoms with Crippen molar-refractivity contribution in [1.29, 1.82) is 0 Å². The Bertz CT molecular complexity index is 744. The topological polar surface area (TPSA) is 49.4 Å². The smallest absolute Gasteiger partial charge is 0.253 e. The van der Waals surface area contributed by atoms with E-state index in [0.717, 1.165) is 11.1 Å². The normalized spacial score (nSPS) is 26.3. The van der Waals surface area contributed by atoms with Gasteiger partial charge in [0, 0.05) is 6.54 Å². The van der Waals surface area contributed by atoms with Crippen molar-refractivity contribution >= 4 is 11.8 Å². The molecule has 0 unspecified atom stereocenters. The summed E-state index contributed by atoms with van der Waals surface area (Å²) in [5.74, 6) is -0.0426. The van der Waals surface area contributed by atoms with E-state index in [2.05, 4.69) is 5.32 Å². The van der Waals surface area contributed by atoms with E-state index < -0.39 is 5.54 Å². The van der Waals surface area contributed by atoms with Gasteiger partial charge in [0.05, 0.1) is 0 Å². The summed E-state index contributed by atoms with van der Waals surface area (Å²) in [6.45, 7) is 0.479. The summed E-state index contributed by atoms with van der Waals surface area (Å²) in [6, 6.07) is 19.1. The van der Waals surface area contributed by atoms with Crippen molar-refractivity contribution in [3.05, 3.63) is 71.8 Å². The highest BCUT2D eigenvalue weighted by Crippen LogP contribution is 2.40. The van der Waals surface area contributed by atoms with Gasteiger partial charge in [0.25, 0.3) is 5.91 Å². The molecule has 0 spiro atoms. The van der Waals surface area contributed by atoms with Crippen LogP contribution in [0.1, 0.15) is 24.0 Å². The number of nitrogens with one attached hydrogen (secondary N) is 1. The number of piperidine rings is 2. The van der Waals surface area contributed by atoms with Crippen molar-refractivity contribution in [2.24, 2.45) is 0 Å². The van der Waals surface area contributed by atoms with Crippen molar-refractivity contribution in [2.45, 2.75) is 31.0 Å². The number of carbonyl (C=O) groups excluding carboxylic acids is 2. The molecule has 3 saturated heterocycles. The van der Waals surface area contributed by atoms with Crippen LogP contribution in [0.5, 0.6) is 0 Å². The van der Waals surface area contributed by atoms with Gasteiger partial charge >= 0.3 is 0 Å². The number of hydrogen-bond donors (Lipinski definition) is 1. The first-order valence-corrected chi connectivity index (χ1v) is 7.93. The first-order valence-electron chi connectivity index (χ1n) is 7.93. The molecule has 2 bridgehead atoms. The van der Waals surface area contributed by atoms with Crippen molar-refractivity contribution in [2.75, 3.05) is 0 Å². The summed E-state index contributed by atoms with van der Waals surface area (Å²) >= 11 is 0. The summed E-state index contributed by atoms with van der Waals surface area (Å²) in [7, 11) is 0. The SMILES string of the molecule is O=C1N[C@]2(c3ccccc3)CC[C@H]1N(Cc1ccccc1)C2=O. The molecule has 23 heavy (non-hydrogen) atoms. The lowest BCUT2D eigenvalue weighted by molar-refractivity contribution is -0.163. The number of benzene rings is 2. The summed E-state index contributed by atoms with van der Waals surface area (Å²) < 4.78 is 0. The molecule has 2 aromatic carbocycles. The molecule has 0 saturated carbocycles. The predicted octanol–water partition coefficient (Wildman–Crippen LogP) is 2.20. The van der Waals surface area contributed by atoms with Gasteiger partial charge in [-0.15, -0.1) is 0 Å². The van der Waals surface area contributed by atoms with Gasteiger partial charge in [0.15, 0.2) is 0 Å². The Morgan fingerprint density at radius 2 is 1.65 bits per heavy atom. The van der Waals surface area contributed by atoms with E-state index in [0.29, 0.717) is 19.4 Å². The molecule has 3 aliphatic heterocycles. The minimum Gasteiger partial charge on any atom is -0.336 e. The molecule has 2 amide bonds. The molecular formula is C19H18N2O2. The van der Waals surface area contributed by atoms with E-state index in [4.69, 9.17) is 0 Å². The fourth-order valence-corrected chi connectivity index (χ4v) is 3.71. The Balaban J connectivity index is 1.72. The van der Waals surface area contributed by atoms with Crippen molar-refractivity contribution < 1.29 is 9.59 Å². The van der Waals surface area contributed by atoms with Crippen LogP contribution in [0.4, 0.5) is 0 Å². The van der Waals surface area contributed by atoms with Gasteiger partial charge < -0.3 is 10.2 Å². The maximum absolute atomic E-state index is 13.2. The number of rotatable bonds is 3. The number of hydrogen-bond acceptors (Lipinski definition) is 2. The Hall–Kier alpha value is -2.62. The first kappa shape index (κ1) is 14.0. The van der Waals surface area contributed by atoms with Crippen LogP contribution in [0.15, 0.2) is 60.7 Å². The van der Waals surface area contributed by atoms with Crippen LogP contribution < -0.4 is 5.32 Å². The molecular weight excluding hydrogens is 288 g/mol. The zero-order chi connectivity index (χ0) is 15.9. The van der Waals surface area contributed by atoms with E-state index in [1.165, 1.54) is 0 Å². The third kappa shape index (κ3) is 2.13. The van der Waals surface area contributed by atoms with Crippen molar-refractivity contribution in [3.63, 3.8) is 0 Å². The van der Waals surface area contributed by atoms with Crippen LogP contribution in [0, 0.1) is 0 Å². The van der Waals surface area contributed by atoms with Gasteiger partial charge in [-0.25, -0.2) is 0 Å². The summed E-state index contributed by atoms with van der Waals surface area (Å²) in [4.78, 5) is 27.4. The Kier molecular flexibility index (Phi) is 3.18. The standard InChI is InChI=1S/C19H18N2O2/c22-17-16-11-12-19(20-17,15-9-5-2-6-10-15)18(23)21(16)13-14-7-3-1-4-8-14/h1-10,16H,11-13H2,(H,20,22)/t16-,19+/m1/s1. The van der Waals surface area contributed by atoms with Gasteiger partial charge in [-0.05, 0) is 24.0 Å². The van der Waals surface area contributed by atoms with Crippen LogP contribution in [0.2, 0.25) is 0 Å². The highest BCUT2D eigenvalue weighted by atomic mass is 16.2. The Morgan fingerprint density at radius 3 is 2.30 bits per heavy atom. The quantitative estimate of drug-likeness (QED) is 0.945. The summed E-state index contributed by atoms with van der Waals surface area (Å²) in [5, 5.41) is 2.98. The van der Waals surface area contributed by atoms with Crippen LogP contribution in [0.3, 0.4) is 0 Å². The minimum atomic E-state index is -0.901. The van der Waals surface area contributed by atoms with Gasteiger partial charge in [-0.1, -0.05) is 60.7 Å². The van der Waals surface area contributed by atoms with E-state index in [1.54, 1.807) is 4.90 Å². The number of piperazine rings is 1. The molecule has 0 aliphatic carbocycles. The molecule has 3 aliphatic rings. The monoisotopic (exact) mass is 306 g/mol. The van der Waals surface area contributed by atoms with Crippen LogP contribution in [-0.2, 0) is 21.7 Å². The molecule has 5 rings (SSSR count). The fourth-order valence-electron chi connectivity index (χ4n) is 3.71. The number of amides is 2. The van der Waals surface area contributed by atoms with Gasteiger partial charge in [0.2, 0.25) is 5.91 Å². The molecule has 116 valence electrons. The second-order valence-corrected chi connectivity index (χ2v) is 6.23. The lowest BCUT2D eigenvalue weighted by atomic mass is 9.75. The zero-order valence-electron chi connectivity index (χ0n) is 12.7. The average molecular weight is 306 g/mol. The van der Waals surface area contributed by atoms with E-state index in [-0.39, 0.29) is 17.9 Å². The Labute approximate surface area is 135 Å². The Morgan fingerprint density at radius 1 is 1.00 bits per heavy atom. The lowest BCUT2D eigenvalue weighted by Gasteiger charge is -2.51. The molecule has 4 nitrogen and oxygen atoms in total. The maximum Gasteiger partial charge on any atom is 0.253 e. The molecule has 1 N–H and O–H groups in total. The number of carbonyl (C=O) groups is 2. The maximum atomic E-state index is 13.2. The van der Waals surface area contributed by atoms with Gasteiger partial charge in [-0.3, -0.25) is 9.59 Å². The van der Waals surface area contributed by atoms with Crippen molar-refractivity contribution in [1.82, 2.24) is 10.2 Å². The average Bonchev–Trinajstić information content (AvgIpc) is 2.60. The molecule has 0 radical (unpaired) electrons. The second kappa shape index (κ2) is 5.23. The van der Waals surface area contributed by atoms with Crippen LogP contribution in [-0.4, -0.2) is 22.8 Å². The van der Waals surface area contributed by atoms with Gasteiger partial charge in [-0.2, -0.15) is 0 Å². The van der Waals surface area contributed by atoms with Crippen LogP contribution in [0.25, 0.3) is 0 Å². The third-order valence-electron chi connectivity index (χ3n) is 4.90. The number of nitrogens with zero attached hydrogens (tertiary/aromatic N) is 1. The first-order chi connectivity index (χ1) is 11.2. The zero-order valence-corrected chi connectivity index (χ0v) is 12.7. The molecule has 3 fully saturated rings. The largest absolute Gasteiger partial charge is 0.336 e. The predicted molar refractivity (Wildman–Crippen MR) is 86.3 cm³/mol. The summed E-state index contributed by atoms with van der Waals surface area (Å²) in [6.07, 6.45) is 1.37. The van der Waals surface area contributed by atoms with E-state index in [1.807, 2.05) is 60.7 Å². The van der Waals surface area contributed by atoms with Crippen LogP contribution >= 0.6 is 0 Å². The van der Waals surface area contributed by atoms with E-state index >= 15 is 0 Å². The summed E-state index contributed by atoms with van der Waals surface area (Å²) in [5.41, 5.74) is 1.01. The molecule has 3 heterocycles. The lowest BCUT2D eigenvalue weighted by Crippen LogP contribution is -2.72. The fraction of sp³-hybridized carbons (Fsp3) is 0.263. The molecule has 0 aromatic heterocycles. The third-order valence-corrected chi connectivity index (χ3v) is 4.90. The van der Waals surface area contributed by atoms with Crippen molar-refractivity contribution in [3.8, 4) is 0 Å². The second-order valence-electron chi connectivity index (χ2n) is 6.23. The highest BCUT2D eigenvalue weighted by molar-refractivity contribution is 6.01. The number of fused-ring (bicyclic) bond motifs is 3. The molecule has 4 heteroatoms. The van der Waals surface area contributed by atoms with Gasteiger partial charge in [0.1, 0.15) is 11.6 Å². The molecule has 2 atom stereocenters. The highest BCUT2D eigenvalue weighted by Gasteiger charge is 2.56. The van der Waals surface area contributed by atoms with E-state index in [9.17, 15) is 9.59 Å². The minimum absolute atomic E-state index is 0.00315.